The standard InChI is InChI=1S/C15H14FNO4/c16-13-9-11(10-18)5-6-15(13)21-8-7-12-3-1-2-4-14(12)17(19)20/h1-6,9,18H,7-8,10H2. The summed E-state index contributed by atoms with van der Waals surface area (Å²) in [7, 11) is 0. The number of rotatable bonds is 6. The first-order valence-corrected chi connectivity index (χ1v) is 6.36. The second kappa shape index (κ2) is 6.81. The van der Waals surface area contributed by atoms with Crippen molar-refractivity contribution in [3.05, 3.63) is 69.5 Å². The average Bonchev–Trinajstić information content (AvgIpc) is 2.49. The van der Waals surface area contributed by atoms with Gasteiger partial charge in [0.1, 0.15) is 0 Å². The molecule has 0 aliphatic rings. The summed E-state index contributed by atoms with van der Waals surface area (Å²) in [4.78, 5) is 10.4. The third-order valence-corrected chi connectivity index (χ3v) is 3.00. The Balaban J connectivity index is 2.00. The van der Waals surface area contributed by atoms with Crippen molar-refractivity contribution in [2.45, 2.75) is 13.0 Å². The van der Waals surface area contributed by atoms with Gasteiger partial charge in [0.2, 0.25) is 0 Å². The molecule has 0 saturated heterocycles. The van der Waals surface area contributed by atoms with Crippen molar-refractivity contribution in [3.8, 4) is 5.75 Å². The highest BCUT2D eigenvalue weighted by Gasteiger charge is 2.12. The molecule has 2 aromatic rings. The first-order valence-electron chi connectivity index (χ1n) is 6.36. The van der Waals surface area contributed by atoms with Crippen LogP contribution in [0.2, 0.25) is 0 Å². The molecule has 110 valence electrons. The molecule has 0 amide bonds. The lowest BCUT2D eigenvalue weighted by atomic mass is 10.1. The molecule has 21 heavy (non-hydrogen) atoms. The minimum absolute atomic E-state index is 0.0252. The van der Waals surface area contributed by atoms with E-state index in [9.17, 15) is 14.5 Å². The molecule has 2 rings (SSSR count). The summed E-state index contributed by atoms with van der Waals surface area (Å²) >= 11 is 0. The van der Waals surface area contributed by atoms with E-state index in [4.69, 9.17) is 9.84 Å². The monoisotopic (exact) mass is 291 g/mol. The summed E-state index contributed by atoms with van der Waals surface area (Å²) in [5.41, 5.74) is 1.02. The molecule has 0 spiro atoms. The Morgan fingerprint density at radius 2 is 2.00 bits per heavy atom. The van der Waals surface area contributed by atoms with Crippen LogP contribution in [0, 0.1) is 15.9 Å². The topological polar surface area (TPSA) is 72.6 Å². The van der Waals surface area contributed by atoms with Gasteiger partial charge in [0.15, 0.2) is 11.6 Å². The fourth-order valence-corrected chi connectivity index (χ4v) is 1.93. The highest BCUT2D eigenvalue weighted by molar-refractivity contribution is 5.40. The molecule has 0 unspecified atom stereocenters. The van der Waals surface area contributed by atoms with E-state index in [1.165, 1.54) is 18.2 Å². The molecular weight excluding hydrogens is 277 g/mol. The molecule has 6 heteroatoms. The molecule has 5 nitrogen and oxygen atoms in total. The van der Waals surface area contributed by atoms with E-state index in [1.54, 1.807) is 24.3 Å². The first-order chi connectivity index (χ1) is 10.1. The SMILES string of the molecule is O=[N+]([O-])c1ccccc1CCOc1ccc(CO)cc1F. The Morgan fingerprint density at radius 3 is 2.67 bits per heavy atom. The smallest absolute Gasteiger partial charge is 0.272 e. The number of nitro benzene ring substituents is 1. The molecule has 0 aliphatic carbocycles. The van der Waals surface area contributed by atoms with E-state index in [-0.39, 0.29) is 24.7 Å². The highest BCUT2D eigenvalue weighted by Crippen LogP contribution is 2.21. The van der Waals surface area contributed by atoms with Gasteiger partial charge in [-0.05, 0) is 17.7 Å². The highest BCUT2D eigenvalue weighted by atomic mass is 19.1. The number of para-hydroxylation sites is 1. The molecule has 0 aliphatic heterocycles. The molecule has 0 heterocycles. The number of ether oxygens (including phenoxy) is 1. The van der Waals surface area contributed by atoms with E-state index in [0.29, 0.717) is 17.5 Å². The van der Waals surface area contributed by atoms with Gasteiger partial charge in [0, 0.05) is 18.1 Å². The van der Waals surface area contributed by atoms with Crippen LogP contribution >= 0.6 is 0 Å². The first kappa shape index (κ1) is 14.9. The van der Waals surface area contributed by atoms with Gasteiger partial charge in [-0.1, -0.05) is 24.3 Å². The van der Waals surface area contributed by atoms with Crippen molar-refractivity contribution in [1.29, 1.82) is 0 Å². The van der Waals surface area contributed by atoms with Gasteiger partial charge in [0.05, 0.1) is 18.1 Å². The van der Waals surface area contributed by atoms with Crippen LogP contribution < -0.4 is 4.74 Å². The third kappa shape index (κ3) is 3.76. The van der Waals surface area contributed by atoms with Gasteiger partial charge in [0.25, 0.3) is 5.69 Å². The lowest BCUT2D eigenvalue weighted by Gasteiger charge is -2.08. The third-order valence-electron chi connectivity index (χ3n) is 3.00. The molecule has 0 aromatic heterocycles. The number of halogens is 1. The van der Waals surface area contributed by atoms with Crippen molar-refractivity contribution in [1.82, 2.24) is 0 Å². The van der Waals surface area contributed by atoms with Gasteiger partial charge in [-0.15, -0.1) is 0 Å². The van der Waals surface area contributed by atoms with Gasteiger partial charge in [-0.2, -0.15) is 0 Å². The zero-order chi connectivity index (χ0) is 15.2. The fraction of sp³-hybridized carbons (Fsp3) is 0.200. The lowest BCUT2D eigenvalue weighted by molar-refractivity contribution is -0.385. The summed E-state index contributed by atoms with van der Waals surface area (Å²) in [5, 5.41) is 19.7. The Morgan fingerprint density at radius 1 is 1.24 bits per heavy atom. The molecule has 0 atom stereocenters. The van der Waals surface area contributed by atoms with Crippen molar-refractivity contribution < 1.29 is 19.2 Å². The van der Waals surface area contributed by atoms with Gasteiger partial charge < -0.3 is 9.84 Å². The normalized spacial score (nSPS) is 10.4. The number of hydrogen-bond acceptors (Lipinski definition) is 4. The van der Waals surface area contributed by atoms with Gasteiger partial charge >= 0.3 is 0 Å². The predicted octanol–water partition coefficient (Wildman–Crippen LogP) is 2.85. The van der Waals surface area contributed by atoms with Crippen LogP contribution in [0.1, 0.15) is 11.1 Å². The number of benzene rings is 2. The van der Waals surface area contributed by atoms with Crippen LogP contribution in [-0.2, 0) is 13.0 Å². The van der Waals surface area contributed by atoms with E-state index in [1.807, 2.05) is 0 Å². The molecule has 1 N–H and O–H groups in total. The van der Waals surface area contributed by atoms with Crippen LogP contribution in [-0.4, -0.2) is 16.6 Å². The Labute approximate surface area is 120 Å². The largest absolute Gasteiger partial charge is 0.490 e. The van der Waals surface area contributed by atoms with E-state index in [0.717, 1.165) is 0 Å². The maximum Gasteiger partial charge on any atom is 0.272 e. The van der Waals surface area contributed by atoms with Crippen LogP contribution in [0.3, 0.4) is 0 Å². The Kier molecular flexibility index (Phi) is 4.84. The Hall–Kier alpha value is -2.47. The molecule has 0 saturated carbocycles. The van der Waals surface area contributed by atoms with Crippen molar-refractivity contribution in [2.24, 2.45) is 0 Å². The summed E-state index contributed by atoms with van der Waals surface area (Å²) in [6, 6.07) is 10.6. The summed E-state index contributed by atoms with van der Waals surface area (Å²) in [6.07, 6.45) is 0.304. The molecular formula is C15H14FNO4. The van der Waals surface area contributed by atoms with Crippen LogP contribution in [0.5, 0.6) is 5.75 Å². The van der Waals surface area contributed by atoms with Crippen molar-refractivity contribution >= 4 is 5.69 Å². The number of nitro groups is 1. The van der Waals surface area contributed by atoms with E-state index >= 15 is 0 Å². The van der Waals surface area contributed by atoms with Gasteiger partial charge in [-0.3, -0.25) is 10.1 Å². The zero-order valence-electron chi connectivity index (χ0n) is 11.2. The maximum absolute atomic E-state index is 13.6. The molecule has 0 radical (unpaired) electrons. The van der Waals surface area contributed by atoms with Gasteiger partial charge in [-0.25, -0.2) is 4.39 Å². The van der Waals surface area contributed by atoms with E-state index in [2.05, 4.69) is 0 Å². The predicted molar refractivity (Wildman–Crippen MR) is 74.6 cm³/mol. The second-order valence-corrected chi connectivity index (χ2v) is 4.41. The van der Waals surface area contributed by atoms with Crippen LogP contribution in [0.15, 0.2) is 42.5 Å². The molecule has 2 aromatic carbocycles. The zero-order valence-corrected chi connectivity index (χ0v) is 11.2. The minimum Gasteiger partial charge on any atom is -0.490 e. The van der Waals surface area contributed by atoms with Crippen LogP contribution in [0.25, 0.3) is 0 Å². The van der Waals surface area contributed by atoms with Crippen molar-refractivity contribution in [2.75, 3.05) is 6.61 Å². The number of hydrogen-bond donors (Lipinski definition) is 1. The minimum atomic E-state index is -0.566. The second-order valence-electron chi connectivity index (χ2n) is 4.41. The number of nitrogens with zero attached hydrogens (tertiary/aromatic N) is 1. The van der Waals surface area contributed by atoms with Crippen LogP contribution in [0.4, 0.5) is 10.1 Å². The number of aliphatic hydroxyl groups is 1. The quantitative estimate of drug-likeness (QED) is 0.656. The fourth-order valence-electron chi connectivity index (χ4n) is 1.93. The summed E-state index contributed by atoms with van der Waals surface area (Å²) < 4.78 is 18.9. The summed E-state index contributed by atoms with van der Waals surface area (Å²) in [5.74, 6) is -0.505. The molecule has 0 fully saturated rings. The van der Waals surface area contributed by atoms with Crippen molar-refractivity contribution in [3.63, 3.8) is 0 Å². The molecule has 0 bridgehead atoms. The lowest BCUT2D eigenvalue weighted by Crippen LogP contribution is -2.05. The summed E-state index contributed by atoms with van der Waals surface area (Å²) in [6.45, 7) is -0.117. The van der Waals surface area contributed by atoms with E-state index < -0.39 is 10.7 Å². The average molecular weight is 291 g/mol. The Bertz CT molecular complexity index is 645. The number of aliphatic hydroxyl groups excluding tert-OH is 1. The maximum atomic E-state index is 13.6.